The van der Waals surface area contributed by atoms with E-state index in [1.165, 1.54) is 0 Å². The molecular weight excluding hydrogens is 194 g/mol. The molecule has 1 saturated heterocycles. The Morgan fingerprint density at radius 2 is 2.53 bits per heavy atom. The molecule has 2 heterocycles. The van der Waals surface area contributed by atoms with Gasteiger partial charge in [0.25, 0.3) is 0 Å². The third-order valence-electron chi connectivity index (χ3n) is 2.78. The topological polar surface area (TPSA) is 58.4 Å². The number of likely N-dealkylation sites (tertiary alicyclic amines) is 1. The van der Waals surface area contributed by atoms with Crippen molar-refractivity contribution in [1.29, 1.82) is 0 Å². The van der Waals surface area contributed by atoms with Crippen molar-refractivity contribution in [3.8, 4) is 0 Å². The fourth-order valence-corrected chi connectivity index (χ4v) is 1.95. The Labute approximate surface area is 88.3 Å². The van der Waals surface area contributed by atoms with Crippen LogP contribution >= 0.6 is 0 Å². The molecule has 2 rings (SSSR count). The van der Waals surface area contributed by atoms with Crippen LogP contribution in [0.5, 0.6) is 0 Å². The van der Waals surface area contributed by atoms with Gasteiger partial charge in [0, 0.05) is 26.3 Å². The second-order valence-corrected chi connectivity index (χ2v) is 4.04. The molecule has 82 valence electrons. The zero-order valence-electron chi connectivity index (χ0n) is 8.76. The first kappa shape index (κ1) is 10.2. The normalized spacial score (nSPS) is 22.1. The number of aryl methyl sites for hydroxylation is 1. The maximum atomic E-state index is 10.8. The highest BCUT2D eigenvalue weighted by Crippen LogP contribution is 2.17. The average molecular weight is 209 g/mol. The van der Waals surface area contributed by atoms with E-state index in [-0.39, 0.29) is 5.92 Å². The van der Waals surface area contributed by atoms with Crippen molar-refractivity contribution in [3.63, 3.8) is 0 Å². The van der Waals surface area contributed by atoms with Crippen LogP contribution in [0, 0.1) is 5.92 Å². The standard InChI is InChI=1S/C10H15N3O2/c1-12-4-3-9(11-12)7-13-5-2-8(6-13)10(14)15/h3-4,8H,2,5-7H2,1H3,(H,14,15). The molecule has 0 saturated carbocycles. The van der Waals surface area contributed by atoms with Gasteiger partial charge in [-0.25, -0.2) is 0 Å². The Morgan fingerprint density at radius 3 is 3.07 bits per heavy atom. The largest absolute Gasteiger partial charge is 0.481 e. The minimum atomic E-state index is -0.682. The Bertz CT molecular complexity index is 361. The molecule has 0 aromatic carbocycles. The van der Waals surface area contributed by atoms with Gasteiger partial charge < -0.3 is 5.11 Å². The third kappa shape index (κ3) is 2.36. The highest BCUT2D eigenvalue weighted by atomic mass is 16.4. The SMILES string of the molecule is Cn1ccc(CN2CCC(C(=O)O)C2)n1. The minimum absolute atomic E-state index is 0.200. The maximum absolute atomic E-state index is 10.8. The van der Waals surface area contributed by atoms with E-state index in [9.17, 15) is 4.79 Å². The lowest BCUT2D eigenvalue weighted by Crippen LogP contribution is -2.23. The summed E-state index contributed by atoms with van der Waals surface area (Å²) in [5, 5.41) is 13.1. The highest BCUT2D eigenvalue weighted by Gasteiger charge is 2.27. The van der Waals surface area contributed by atoms with Crippen molar-refractivity contribution in [1.82, 2.24) is 14.7 Å². The second-order valence-electron chi connectivity index (χ2n) is 4.04. The summed E-state index contributed by atoms with van der Waals surface area (Å²) in [7, 11) is 1.88. The van der Waals surface area contributed by atoms with Gasteiger partial charge in [-0.3, -0.25) is 14.4 Å². The van der Waals surface area contributed by atoms with E-state index in [1.807, 2.05) is 19.3 Å². The quantitative estimate of drug-likeness (QED) is 0.779. The molecule has 0 radical (unpaired) electrons. The minimum Gasteiger partial charge on any atom is -0.481 e. The first-order valence-electron chi connectivity index (χ1n) is 5.09. The summed E-state index contributed by atoms with van der Waals surface area (Å²) < 4.78 is 1.76. The summed E-state index contributed by atoms with van der Waals surface area (Å²) >= 11 is 0. The van der Waals surface area contributed by atoms with Crippen LogP contribution < -0.4 is 0 Å². The molecule has 5 heteroatoms. The molecule has 1 aromatic heterocycles. The number of rotatable bonds is 3. The molecule has 1 aliphatic heterocycles. The summed E-state index contributed by atoms with van der Waals surface area (Å²) in [6, 6.07) is 1.97. The van der Waals surface area contributed by atoms with Crippen LogP contribution in [0.1, 0.15) is 12.1 Å². The molecule has 1 atom stereocenters. The van der Waals surface area contributed by atoms with E-state index in [0.29, 0.717) is 6.54 Å². The van der Waals surface area contributed by atoms with E-state index in [2.05, 4.69) is 10.00 Å². The van der Waals surface area contributed by atoms with Crippen LogP contribution in [0.2, 0.25) is 0 Å². The molecule has 5 nitrogen and oxygen atoms in total. The zero-order valence-corrected chi connectivity index (χ0v) is 8.76. The van der Waals surface area contributed by atoms with E-state index < -0.39 is 5.97 Å². The number of hydrogen-bond acceptors (Lipinski definition) is 3. The molecular formula is C10H15N3O2. The highest BCUT2D eigenvalue weighted by molar-refractivity contribution is 5.70. The van der Waals surface area contributed by atoms with Crippen molar-refractivity contribution >= 4 is 5.97 Å². The van der Waals surface area contributed by atoms with Crippen LogP contribution in [-0.2, 0) is 18.4 Å². The molecule has 1 fully saturated rings. The summed E-state index contributed by atoms with van der Waals surface area (Å²) in [5.41, 5.74) is 1.00. The third-order valence-corrected chi connectivity index (χ3v) is 2.78. The van der Waals surface area contributed by atoms with Crippen molar-refractivity contribution in [2.24, 2.45) is 13.0 Å². The fourth-order valence-electron chi connectivity index (χ4n) is 1.95. The predicted molar refractivity (Wildman–Crippen MR) is 54.2 cm³/mol. The summed E-state index contributed by atoms with van der Waals surface area (Å²) in [5.74, 6) is -0.882. The lowest BCUT2D eigenvalue weighted by molar-refractivity contribution is -0.141. The Morgan fingerprint density at radius 1 is 1.73 bits per heavy atom. The predicted octanol–water partition coefficient (Wildman–Crippen LogP) is 0.327. The Balaban J connectivity index is 1.90. The number of carboxylic acids is 1. The molecule has 0 bridgehead atoms. The summed E-state index contributed by atoms with van der Waals surface area (Å²) in [4.78, 5) is 12.9. The van der Waals surface area contributed by atoms with E-state index in [1.54, 1.807) is 4.68 Å². The number of carboxylic acid groups (broad SMARTS) is 1. The van der Waals surface area contributed by atoms with Crippen LogP contribution in [0.25, 0.3) is 0 Å². The molecule has 1 unspecified atom stereocenters. The molecule has 1 N–H and O–H groups in total. The summed E-state index contributed by atoms with van der Waals surface area (Å²) in [6.07, 6.45) is 2.66. The van der Waals surface area contributed by atoms with Gasteiger partial charge in [-0.15, -0.1) is 0 Å². The van der Waals surface area contributed by atoms with Gasteiger partial charge in [0.2, 0.25) is 0 Å². The first-order chi connectivity index (χ1) is 7.15. The van der Waals surface area contributed by atoms with Crippen molar-refractivity contribution < 1.29 is 9.90 Å². The average Bonchev–Trinajstić information content (AvgIpc) is 2.76. The number of aliphatic carboxylic acids is 1. The van der Waals surface area contributed by atoms with Gasteiger partial charge >= 0.3 is 5.97 Å². The van der Waals surface area contributed by atoms with E-state index in [4.69, 9.17) is 5.11 Å². The van der Waals surface area contributed by atoms with Gasteiger partial charge in [0.15, 0.2) is 0 Å². The molecule has 0 spiro atoms. The monoisotopic (exact) mass is 209 g/mol. The Hall–Kier alpha value is -1.36. The van der Waals surface area contributed by atoms with Gasteiger partial charge in [-0.1, -0.05) is 0 Å². The van der Waals surface area contributed by atoms with E-state index >= 15 is 0 Å². The second kappa shape index (κ2) is 4.02. The number of hydrogen-bond donors (Lipinski definition) is 1. The summed E-state index contributed by atoms with van der Waals surface area (Å²) in [6.45, 7) is 2.25. The van der Waals surface area contributed by atoms with Crippen LogP contribution in [0.3, 0.4) is 0 Å². The van der Waals surface area contributed by atoms with Gasteiger partial charge in [-0.05, 0) is 19.0 Å². The number of carbonyl (C=O) groups is 1. The smallest absolute Gasteiger partial charge is 0.307 e. The first-order valence-corrected chi connectivity index (χ1v) is 5.09. The molecule has 15 heavy (non-hydrogen) atoms. The molecule has 1 aromatic rings. The lowest BCUT2D eigenvalue weighted by atomic mass is 10.1. The van der Waals surface area contributed by atoms with Gasteiger partial charge in [-0.2, -0.15) is 5.10 Å². The van der Waals surface area contributed by atoms with Crippen LogP contribution in [0.4, 0.5) is 0 Å². The van der Waals surface area contributed by atoms with Crippen LogP contribution in [0.15, 0.2) is 12.3 Å². The Kier molecular flexibility index (Phi) is 2.73. The van der Waals surface area contributed by atoms with Gasteiger partial charge in [0.05, 0.1) is 11.6 Å². The molecule has 1 aliphatic rings. The molecule has 0 aliphatic carbocycles. The van der Waals surface area contributed by atoms with Crippen molar-refractivity contribution in [2.45, 2.75) is 13.0 Å². The van der Waals surface area contributed by atoms with Crippen molar-refractivity contribution in [2.75, 3.05) is 13.1 Å². The zero-order chi connectivity index (χ0) is 10.8. The lowest BCUT2D eigenvalue weighted by Gasteiger charge is -2.12. The van der Waals surface area contributed by atoms with Crippen LogP contribution in [-0.4, -0.2) is 38.8 Å². The van der Waals surface area contributed by atoms with Gasteiger partial charge in [0.1, 0.15) is 0 Å². The molecule has 0 amide bonds. The number of aromatic nitrogens is 2. The maximum Gasteiger partial charge on any atom is 0.307 e. The number of nitrogens with zero attached hydrogens (tertiary/aromatic N) is 3. The van der Waals surface area contributed by atoms with E-state index in [0.717, 1.165) is 25.2 Å². The van der Waals surface area contributed by atoms with Crippen molar-refractivity contribution in [3.05, 3.63) is 18.0 Å². The fraction of sp³-hybridized carbons (Fsp3) is 0.600.